The van der Waals surface area contributed by atoms with E-state index in [9.17, 15) is 5.11 Å². The number of aliphatic hydroxyl groups excluding tert-OH is 1. The first-order valence-corrected chi connectivity index (χ1v) is 7.33. The molecule has 2 aromatic rings. The van der Waals surface area contributed by atoms with Crippen molar-refractivity contribution in [3.05, 3.63) is 56.3 Å². The minimum absolute atomic E-state index is 0.457. The molecule has 94 valence electrons. The van der Waals surface area contributed by atoms with Gasteiger partial charge in [0.25, 0.3) is 0 Å². The van der Waals surface area contributed by atoms with Gasteiger partial charge in [-0.2, -0.15) is 0 Å². The molecule has 0 bridgehead atoms. The molecule has 3 rings (SSSR count). The second kappa shape index (κ2) is 4.52. The van der Waals surface area contributed by atoms with Gasteiger partial charge in [-0.15, -0.1) is 11.3 Å². The van der Waals surface area contributed by atoms with E-state index in [-0.39, 0.29) is 0 Å². The lowest BCUT2D eigenvalue weighted by molar-refractivity contribution is 0.223. The molecule has 0 radical (unpaired) electrons. The van der Waals surface area contributed by atoms with E-state index in [1.165, 1.54) is 40.8 Å². The number of hydrogen-bond acceptors (Lipinski definition) is 2. The predicted octanol–water partition coefficient (Wildman–Crippen LogP) is 3.94. The monoisotopic (exact) mass is 258 g/mol. The number of rotatable bonds is 2. The highest BCUT2D eigenvalue weighted by molar-refractivity contribution is 7.12. The van der Waals surface area contributed by atoms with Crippen molar-refractivity contribution in [2.24, 2.45) is 0 Å². The predicted molar refractivity (Wildman–Crippen MR) is 76.3 cm³/mol. The van der Waals surface area contributed by atoms with E-state index in [0.29, 0.717) is 0 Å². The molecular weight excluding hydrogens is 240 g/mol. The van der Waals surface area contributed by atoms with Gasteiger partial charge in [0.05, 0.1) is 0 Å². The van der Waals surface area contributed by atoms with Crippen molar-refractivity contribution in [3.63, 3.8) is 0 Å². The topological polar surface area (TPSA) is 20.2 Å². The smallest absolute Gasteiger partial charge is 0.113 e. The highest BCUT2D eigenvalue weighted by atomic mass is 32.1. The maximum absolute atomic E-state index is 10.5. The average molecular weight is 258 g/mol. The molecule has 0 spiro atoms. The molecule has 18 heavy (non-hydrogen) atoms. The van der Waals surface area contributed by atoms with Crippen molar-refractivity contribution in [2.75, 3.05) is 0 Å². The molecular formula is C16H18OS. The Labute approximate surface area is 112 Å². The Hall–Kier alpha value is -1.12. The molecule has 1 unspecified atom stereocenters. The Balaban J connectivity index is 1.95. The van der Waals surface area contributed by atoms with E-state index in [2.05, 4.69) is 38.1 Å². The summed E-state index contributed by atoms with van der Waals surface area (Å²) < 4.78 is 0. The molecule has 1 N–H and O–H groups in total. The molecule has 0 saturated heterocycles. The highest BCUT2D eigenvalue weighted by Gasteiger charge is 2.20. The number of thiophene rings is 1. The zero-order valence-electron chi connectivity index (χ0n) is 10.9. The molecule has 0 amide bonds. The van der Waals surface area contributed by atoms with Gasteiger partial charge in [0.15, 0.2) is 0 Å². The third-order valence-electron chi connectivity index (χ3n) is 3.76. The highest BCUT2D eigenvalue weighted by Crippen LogP contribution is 2.36. The van der Waals surface area contributed by atoms with E-state index in [0.717, 1.165) is 10.4 Å². The van der Waals surface area contributed by atoms with Gasteiger partial charge in [-0.25, -0.2) is 0 Å². The number of aliphatic hydroxyl groups is 1. The summed E-state index contributed by atoms with van der Waals surface area (Å²) in [5.41, 5.74) is 4.92. The zero-order chi connectivity index (χ0) is 12.7. The van der Waals surface area contributed by atoms with Crippen LogP contribution in [0.4, 0.5) is 0 Å². The van der Waals surface area contributed by atoms with Crippen molar-refractivity contribution in [1.82, 2.24) is 0 Å². The van der Waals surface area contributed by atoms with Crippen LogP contribution in [0.2, 0.25) is 0 Å². The van der Waals surface area contributed by atoms with Gasteiger partial charge in [-0.3, -0.25) is 0 Å². The third kappa shape index (κ3) is 2.00. The van der Waals surface area contributed by atoms with E-state index in [4.69, 9.17) is 0 Å². The molecule has 1 heterocycles. The van der Waals surface area contributed by atoms with Gasteiger partial charge in [0, 0.05) is 9.75 Å². The summed E-state index contributed by atoms with van der Waals surface area (Å²) in [5.74, 6) is 0. The molecule has 1 aromatic heterocycles. The quantitative estimate of drug-likeness (QED) is 0.865. The lowest BCUT2D eigenvalue weighted by Gasteiger charge is -2.13. The molecule has 1 aliphatic rings. The van der Waals surface area contributed by atoms with Gasteiger partial charge in [-0.1, -0.05) is 23.8 Å². The van der Waals surface area contributed by atoms with Gasteiger partial charge in [0.2, 0.25) is 0 Å². The summed E-state index contributed by atoms with van der Waals surface area (Å²) in [6.45, 7) is 4.16. The van der Waals surface area contributed by atoms with Crippen LogP contribution in [0.5, 0.6) is 0 Å². The Kier molecular flexibility index (Phi) is 3.00. The second-order valence-corrected chi connectivity index (χ2v) is 6.38. The molecule has 0 aliphatic heterocycles. The summed E-state index contributed by atoms with van der Waals surface area (Å²) in [5, 5.41) is 10.5. The first-order chi connectivity index (χ1) is 8.65. The summed E-state index contributed by atoms with van der Waals surface area (Å²) in [6.07, 6.45) is 3.20. The summed E-state index contributed by atoms with van der Waals surface area (Å²) >= 11 is 1.79. The molecule has 1 atom stereocenters. The fraction of sp³-hybridized carbons (Fsp3) is 0.375. The Morgan fingerprint density at radius 2 is 2.00 bits per heavy atom. The number of hydrogen-bond donors (Lipinski definition) is 1. The fourth-order valence-corrected chi connectivity index (χ4v) is 4.04. The van der Waals surface area contributed by atoms with Crippen LogP contribution in [0.1, 0.15) is 44.5 Å². The van der Waals surface area contributed by atoms with Crippen molar-refractivity contribution < 1.29 is 5.11 Å². The normalized spacial score (nSPS) is 15.7. The van der Waals surface area contributed by atoms with Crippen LogP contribution in [-0.2, 0) is 12.8 Å². The van der Waals surface area contributed by atoms with Crippen molar-refractivity contribution in [2.45, 2.75) is 39.2 Å². The zero-order valence-corrected chi connectivity index (χ0v) is 11.7. The van der Waals surface area contributed by atoms with Crippen LogP contribution >= 0.6 is 11.3 Å². The first-order valence-electron chi connectivity index (χ1n) is 6.52. The Morgan fingerprint density at radius 1 is 1.17 bits per heavy atom. The van der Waals surface area contributed by atoms with Crippen LogP contribution in [0, 0.1) is 13.8 Å². The van der Waals surface area contributed by atoms with E-state index >= 15 is 0 Å². The molecule has 1 nitrogen and oxygen atoms in total. The van der Waals surface area contributed by atoms with E-state index < -0.39 is 6.10 Å². The van der Waals surface area contributed by atoms with E-state index in [1.807, 2.05) is 0 Å². The Morgan fingerprint density at radius 3 is 2.72 bits per heavy atom. The SMILES string of the molecule is Cc1ccc(C(O)c2cc3c(s2)CCC3)c(C)c1. The number of fused-ring (bicyclic) bond motifs is 1. The Bertz CT molecular complexity index is 561. The van der Waals surface area contributed by atoms with Crippen LogP contribution in [0.3, 0.4) is 0 Å². The second-order valence-electron chi connectivity index (χ2n) is 5.21. The standard InChI is InChI=1S/C16H18OS/c1-10-6-7-13(11(2)8-10)16(17)15-9-12-4-3-5-14(12)18-15/h6-9,16-17H,3-5H2,1-2H3. The van der Waals surface area contributed by atoms with Crippen LogP contribution in [-0.4, -0.2) is 5.11 Å². The van der Waals surface area contributed by atoms with Gasteiger partial charge in [-0.05, 0) is 55.9 Å². The molecule has 0 saturated carbocycles. The maximum atomic E-state index is 10.5. The fourth-order valence-electron chi connectivity index (χ4n) is 2.77. The minimum atomic E-state index is -0.457. The van der Waals surface area contributed by atoms with Crippen molar-refractivity contribution >= 4 is 11.3 Å². The number of aryl methyl sites for hydroxylation is 4. The number of benzene rings is 1. The summed E-state index contributed by atoms with van der Waals surface area (Å²) in [4.78, 5) is 2.58. The lowest BCUT2D eigenvalue weighted by atomic mass is 10.00. The van der Waals surface area contributed by atoms with Gasteiger partial charge >= 0.3 is 0 Å². The molecule has 0 fully saturated rings. The van der Waals surface area contributed by atoms with Crippen molar-refractivity contribution in [3.8, 4) is 0 Å². The average Bonchev–Trinajstić information content (AvgIpc) is 2.87. The van der Waals surface area contributed by atoms with Crippen LogP contribution < -0.4 is 0 Å². The third-order valence-corrected chi connectivity index (χ3v) is 5.04. The first kappa shape index (κ1) is 11.9. The molecule has 1 aliphatic carbocycles. The van der Waals surface area contributed by atoms with Crippen molar-refractivity contribution in [1.29, 1.82) is 0 Å². The van der Waals surface area contributed by atoms with Crippen LogP contribution in [0.15, 0.2) is 24.3 Å². The maximum Gasteiger partial charge on any atom is 0.113 e. The minimum Gasteiger partial charge on any atom is -0.383 e. The van der Waals surface area contributed by atoms with E-state index in [1.54, 1.807) is 11.3 Å². The summed E-state index contributed by atoms with van der Waals surface area (Å²) in [6, 6.07) is 8.48. The molecule has 2 heteroatoms. The van der Waals surface area contributed by atoms with Gasteiger partial charge < -0.3 is 5.11 Å². The largest absolute Gasteiger partial charge is 0.383 e. The molecule has 1 aromatic carbocycles. The lowest BCUT2D eigenvalue weighted by Crippen LogP contribution is -2.00. The van der Waals surface area contributed by atoms with Crippen LogP contribution in [0.25, 0.3) is 0 Å². The van der Waals surface area contributed by atoms with Gasteiger partial charge in [0.1, 0.15) is 6.10 Å². The summed E-state index contributed by atoms with van der Waals surface area (Å²) in [7, 11) is 0.